The highest BCUT2D eigenvalue weighted by molar-refractivity contribution is 7.98. The molecule has 0 saturated heterocycles. The quantitative estimate of drug-likeness (QED) is 0.350. The number of rotatable bonds is 9. The summed E-state index contributed by atoms with van der Waals surface area (Å²) in [5.74, 6) is -1.45. The molecular formula is C19H21ClN4O4S. The smallest absolute Gasteiger partial charge is 0.307 e. The number of halogens is 1. The van der Waals surface area contributed by atoms with Crippen molar-refractivity contribution >= 4 is 41.1 Å². The topological polar surface area (TPSA) is 110 Å². The van der Waals surface area contributed by atoms with Gasteiger partial charge >= 0.3 is 5.97 Å². The lowest BCUT2D eigenvalue weighted by Crippen LogP contribution is -2.48. The van der Waals surface area contributed by atoms with Gasteiger partial charge in [0.25, 0.3) is 5.91 Å². The number of benzene rings is 1. The van der Waals surface area contributed by atoms with Crippen LogP contribution in [0.15, 0.2) is 41.7 Å². The maximum Gasteiger partial charge on any atom is 0.307 e. The van der Waals surface area contributed by atoms with E-state index < -0.39 is 23.8 Å². The van der Waals surface area contributed by atoms with Crippen molar-refractivity contribution in [3.05, 3.63) is 52.8 Å². The van der Waals surface area contributed by atoms with E-state index in [1.807, 2.05) is 30.3 Å². The fraction of sp³-hybridized carbons (Fsp3) is 0.316. The van der Waals surface area contributed by atoms with E-state index in [-0.39, 0.29) is 30.1 Å². The van der Waals surface area contributed by atoms with Crippen LogP contribution in [0.3, 0.4) is 0 Å². The second-order valence-corrected chi connectivity index (χ2v) is 7.07. The maximum absolute atomic E-state index is 12.7. The lowest BCUT2D eigenvalue weighted by atomic mass is 10.0. The molecule has 2 N–H and O–H groups in total. The number of hydrogen-bond donors (Lipinski definition) is 2. The summed E-state index contributed by atoms with van der Waals surface area (Å²) in [5, 5.41) is 5.79. The number of amides is 2. The van der Waals surface area contributed by atoms with Gasteiger partial charge in [0.05, 0.1) is 24.8 Å². The van der Waals surface area contributed by atoms with Crippen molar-refractivity contribution in [2.75, 3.05) is 19.9 Å². The molecule has 2 aromatic rings. The van der Waals surface area contributed by atoms with Crippen LogP contribution in [-0.2, 0) is 20.7 Å². The molecule has 1 aromatic carbocycles. The molecule has 0 fully saturated rings. The monoisotopic (exact) mass is 436 g/mol. The van der Waals surface area contributed by atoms with Gasteiger partial charge in [-0.2, -0.15) is 0 Å². The molecule has 2 amide bonds. The van der Waals surface area contributed by atoms with Crippen molar-refractivity contribution in [2.45, 2.75) is 24.0 Å². The number of thioether (sulfide) groups is 1. The number of carbonyl (C=O) groups is 3. The lowest BCUT2D eigenvalue weighted by molar-refractivity contribution is -0.140. The number of nitrogens with one attached hydrogen (secondary N) is 2. The highest BCUT2D eigenvalue weighted by atomic mass is 35.5. The third-order valence-electron chi connectivity index (χ3n) is 3.88. The van der Waals surface area contributed by atoms with Gasteiger partial charge in [-0.3, -0.25) is 14.4 Å². The Morgan fingerprint density at radius 2 is 1.97 bits per heavy atom. The van der Waals surface area contributed by atoms with Gasteiger partial charge in [-0.15, -0.1) is 0 Å². The van der Waals surface area contributed by atoms with Crippen molar-refractivity contribution in [3.8, 4) is 0 Å². The Bertz CT molecular complexity index is 867. The van der Waals surface area contributed by atoms with Crippen LogP contribution in [0.2, 0.25) is 5.02 Å². The Morgan fingerprint density at radius 1 is 1.24 bits per heavy atom. The number of methoxy groups -OCH3 is 1. The SMILES string of the molecule is COC(=O)CCNC(=O)C(Cc1ccccc1)NC(=O)c1nc(SC)ncc1Cl. The second kappa shape index (κ2) is 11.4. The number of hydrogen-bond acceptors (Lipinski definition) is 7. The van der Waals surface area contributed by atoms with E-state index in [0.29, 0.717) is 5.16 Å². The normalized spacial score (nSPS) is 11.4. The van der Waals surface area contributed by atoms with Gasteiger partial charge in [-0.25, -0.2) is 9.97 Å². The van der Waals surface area contributed by atoms with Gasteiger partial charge in [0.1, 0.15) is 6.04 Å². The van der Waals surface area contributed by atoms with Crippen LogP contribution in [0.1, 0.15) is 22.5 Å². The third-order valence-corrected chi connectivity index (χ3v) is 4.72. The van der Waals surface area contributed by atoms with Crippen LogP contribution >= 0.6 is 23.4 Å². The van der Waals surface area contributed by atoms with E-state index in [0.717, 1.165) is 5.56 Å². The number of nitrogens with zero attached hydrogens (tertiary/aromatic N) is 2. The molecule has 1 unspecified atom stereocenters. The van der Waals surface area contributed by atoms with Crippen LogP contribution in [0, 0.1) is 0 Å². The molecule has 0 spiro atoms. The van der Waals surface area contributed by atoms with Gasteiger partial charge in [-0.1, -0.05) is 53.7 Å². The van der Waals surface area contributed by atoms with Crippen molar-refractivity contribution in [3.63, 3.8) is 0 Å². The summed E-state index contributed by atoms with van der Waals surface area (Å²) >= 11 is 7.33. The standard InChI is InChI=1S/C19H21ClN4O4S/c1-28-15(25)8-9-21-17(26)14(10-12-6-4-3-5-7-12)23-18(27)16-13(20)11-22-19(24-16)29-2/h3-7,11,14H,8-10H2,1-2H3,(H,21,26)(H,23,27). The molecule has 0 radical (unpaired) electrons. The van der Waals surface area contributed by atoms with Crippen LogP contribution in [0.25, 0.3) is 0 Å². The summed E-state index contributed by atoms with van der Waals surface area (Å²) in [6.45, 7) is 0.0948. The van der Waals surface area contributed by atoms with Crippen molar-refractivity contribution in [1.29, 1.82) is 0 Å². The fourth-order valence-electron chi connectivity index (χ4n) is 2.41. The average molecular weight is 437 g/mol. The first-order valence-corrected chi connectivity index (χ1v) is 10.3. The van der Waals surface area contributed by atoms with Crippen LogP contribution in [0.4, 0.5) is 0 Å². The molecule has 154 valence electrons. The van der Waals surface area contributed by atoms with E-state index in [2.05, 4.69) is 25.3 Å². The Labute approximate surface area is 177 Å². The molecular weight excluding hydrogens is 416 g/mol. The fourth-order valence-corrected chi connectivity index (χ4v) is 2.92. The zero-order chi connectivity index (χ0) is 21.2. The predicted octanol–water partition coefficient (Wildman–Crippen LogP) is 1.87. The number of aromatic nitrogens is 2. The minimum atomic E-state index is -0.883. The second-order valence-electron chi connectivity index (χ2n) is 5.89. The predicted molar refractivity (Wildman–Crippen MR) is 110 cm³/mol. The number of esters is 1. The Balaban J connectivity index is 2.14. The van der Waals surface area contributed by atoms with Crippen LogP contribution < -0.4 is 10.6 Å². The molecule has 10 heteroatoms. The third kappa shape index (κ3) is 7.03. The average Bonchev–Trinajstić information content (AvgIpc) is 2.74. The molecule has 0 aliphatic rings. The zero-order valence-electron chi connectivity index (χ0n) is 16.0. The molecule has 0 aliphatic carbocycles. The summed E-state index contributed by atoms with van der Waals surface area (Å²) in [6, 6.07) is 8.36. The summed E-state index contributed by atoms with van der Waals surface area (Å²) in [7, 11) is 1.27. The minimum absolute atomic E-state index is 0.00793. The van der Waals surface area contributed by atoms with E-state index in [4.69, 9.17) is 11.6 Å². The Morgan fingerprint density at radius 3 is 2.62 bits per heavy atom. The summed E-state index contributed by atoms with van der Waals surface area (Å²) < 4.78 is 4.55. The first kappa shape index (κ1) is 22.6. The van der Waals surface area contributed by atoms with Crippen LogP contribution in [0.5, 0.6) is 0 Å². The molecule has 0 aliphatic heterocycles. The summed E-state index contributed by atoms with van der Waals surface area (Å²) in [4.78, 5) is 44.7. The number of ether oxygens (including phenoxy) is 1. The van der Waals surface area contributed by atoms with Gasteiger partial charge in [-0.05, 0) is 11.8 Å². The highest BCUT2D eigenvalue weighted by Gasteiger charge is 2.24. The van der Waals surface area contributed by atoms with Gasteiger partial charge in [0, 0.05) is 13.0 Å². The zero-order valence-corrected chi connectivity index (χ0v) is 17.5. The van der Waals surface area contributed by atoms with E-state index >= 15 is 0 Å². The Kier molecular flexibility index (Phi) is 8.88. The van der Waals surface area contributed by atoms with Gasteiger partial charge < -0.3 is 15.4 Å². The maximum atomic E-state index is 12.7. The van der Waals surface area contributed by atoms with Crippen LogP contribution in [-0.4, -0.2) is 53.7 Å². The molecule has 2 rings (SSSR count). The first-order valence-electron chi connectivity index (χ1n) is 8.70. The summed E-state index contributed by atoms with van der Waals surface area (Å²) in [6.07, 6.45) is 3.41. The van der Waals surface area contributed by atoms with Crippen molar-refractivity contribution in [2.24, 2.45) is 0 Å². The molecule has 0 bridgehead atoms. The van der Waals surface area contributed by atoms with E-state index in [1.165, 1.54) is 25.1 Å². The lowest BCUT2D eigenvalue weighted by Gasteiger charge is -2.19. The van der Waals surface area contributed by atoms with Crippen molar-refractivity contribution < 1.29 is 19.1 Å². The van der Waals surface area contributed by atoms with E-state index in [1.54, 1.807) is 6.26 Å². The molecule has 0 saturated carbocycles. The molecule has 8 nitrogen and oxygen atoms in total. The van der Waals surface area contributed by atoms with Crippen molar-refractivity contribution in [1.82, 2.24) is 20.6 Å². The Hall–Kier alpha value is -2.65. The summed E-state index contributed by atoms with van der Waals surface area (Å²) in [5.41, 5.74) is 0.853. The molecule has 29 heavy (non-hydrogen) atoms. The molecule has 1 atom stereocenters. The molecule has 1 heterocycles. The largest absolute Gasteiger partial charge is 0.469 e. The molecule has 1 aromatic heterocycles. The van der Waals surface area contributed by atoms with Gasteiger partial charge in [0.15, 0.2) is 10.9 Å². The minimum Gasteiger partial charge on any atom is -0.469 e. The van der Waals surface area contributed by atoms with Gasteiger partial charge in [0.2, 0.25) is 5.91 Å². The van der Waals surface area contributed by atoms with E-state index in [9.17, 15) is 14.4 Å². The first-order chi connectivity index (χ1) is 13.9. The highest BCUT2D eigenvalue weighted by Crippen LogP contribution is 2.17. The number of carbonyl (C=O) groups excluding carboxylic acids is 3.